The minimum atomic E-state index is -4.64. The summed E-state index contributed by atoms with van der Waals surface area (Å²) in [6.45, 7) is 1.73. The van der Waals surface area contributed by atoms with Gasteiger partial charge in [-0.3, -0.25) is 14.5 Å². The molecule has 138 valence electrons. The number of amides is 2. The van der Waals surface area contributed by atoms with Gasteiger partial charge in [-0.15, -0.1) is 0 Å². The molecule has 1 N–H and O–H groups in total. The lowest BCUT2D eigenvalue weighted by Crippen LogP contribution is -2.28. The largest absolute Gasteiger partial charge is 0.417 e. The van der Waals surface area contributed by atoms with E-state index in [4.69, 9.17) is 16.1 Å². The first-order valence-corrected chi connectivity index (χ1v) is 7.94. The summed E-state index contributed by atoms with van der Waals surface area (Å²) in [4.78, 5) is 25.7. The predicted octanol–water partition coefficient (Wildman–Crippen LogP) is 3.65. The number of aromatic nitrogens is 1. The molecule has 0 saturated carbocycles. The molecule has 1 aromatic heterocycles. The van der Waals surface area contributed by atoms with Crippen LogP contribution in [0.4, 0.5) is 24.7 Å². The van der Waals surface area contributed by atoms with Crippen LogP contribution in [0.1, 0.15) is 17.7 Å². The number of carbonyl (C=O) groups is 2. The molecule has 10 heteroatoms. The van der Waals surface area contributed by atoms with Crippen molar-refractivity contribution in [2.75, 3.05) is 16.8 Å². The number of hydrogen-bond donors (Lipinski definition) is 1. The summed E-state index contributed by atoms with van der Waals surface area (Å²) in [5.41, 5.74) is -1.09. The van der Waals surface area contributed by atoms with Gasteiger partial charge in [0, 0.05) is 24.7 Å². The Kier molecular flexibility index (Phi) is 4.66. The first-order chi connectivity index (χ1) is 12.1. The highest BCUT2D eigenvalue weighted by atomic mass is 35.5. The van der Waals surface area contributed by atoms with Crippen molar-refractivity contribution in [1.82, 2.24) is 5.16 Å². The lowest BCUT2D eigenvalue weighted by molar-refractivity contribution is -0.137. The molecule has 1 aliphatic rings. The third-order valence-electron chi connectivity index (χ3n) is 3.93. The van der Waals surface area contributed by atoms with Crippen molar-refractivity contribution in [1.29, 1.82) is 0 Å². The third-order valence-corrected chi connectivity index (χ3v) is 4.26. The highest BCUT2D eigenvalue weighted by molar-refractivity contribution is 6.31. The normalized spacial score (nSPS) is 17.7. The number of halogens is 4. The fourth-order valence-electron chi connectivity index (χ4n) is 2.65. The molecule has 1 atom stereocenters. The molecule has 3 rings (SSSR count). The van der Waals surface area contributed by atoms with Crippen LogP contribution in [0.25, 0.3) is 0 Å². The zero-order valence-corrected chi connectivity index (χ0v) is 14.2. The van der Waals surface area contributed by atoms with Crippen LogP contribution in [0.3, 0.4) is 0 Å². The second-order valence-corrected chi connectivity index (χ2v) is 6.29. The summed E-state index contributed by atoms with van der Waals surface area (Å²) in [5.74, 6) is -0.776. The van der Waals surface area contributed by atoms with Crippen molar-refractivity contribution in [3.63, 3.8) is 0 Å². The molecule has 1 fully saturated rings. The molecular weight excluding hydrogens is 375 g/mol. The number of carbonyl (C=O) groups excluding carboxylic acids is 2. The number of nitrogens with one attached hydrogen (secondary N) is 1. The van der Waals surface area contributed by atoms with Gasteiger partial charge in [-0.05, 0) is 25.1 Å². The molecule has 26 heavy (non-hydrogen) atoms. The topological polar surface area (TPSA) is 75.4 Å². The van der Waals surface area contributed by atoms with E-state index < -0.39 is 28.6 Å². The molecular formula is C16H13ClF3N3O3. The van der Waals surface area contributed by atoms with Crippen LogP contribution < -0.4 is 10.2 Å². The molecule has 1 saturated heterocycles. The van der Waals surface area contributed by atoms with Crippen molar-refractivity contribution >= 4 is 34.9 Å². The van der Waals surface area contributed by atoms with Crippen LogP contribution in [-0.4, -0.2) is 23.5 Å². The van der Waals surface area contributed by atoms with Crippen LogP contribution in [0, 0.1) is 12.8 Å². The number of aryl methyl sites for hydroxylation is 1. The Hall–Kier alpha value is -2.55. The average molecular weight is 388 g/mol. The smallest absolute Gasteiger partial charge is 0.360 e. The Morgan fingerprint density at radius 1 is 1.38 bits per heavy atom. The van der Waals surface area contributed by atoms with Gasteiger partial charge in [0.1, 0.15) is 5.76 Å². The van der Waals surface area contributed by atoms with Gasteiger partial charge >= 0.3 is 6.18 Å². The van der Waals surface area contributed by atoms with E-state index in [9.17, 15) is 22.8 Å². The van der Waals surface area contributed by atoms with E-state index in [-0.39, 0.29) is 24.6 Å². The van der Waals surface area contributed by atoms with Gasteiger partial charge < -0.3 is 9.84 Å². The molecule has 0 spiro atoms. The Balaban J connectivity index is 1.72. The first-order valence-electron chi connectivity index (χ1n) is 7.56. The number of rotatable bonds is 3. The molecule has 1 aromatic carbocycles. The molecule has 0 aliphatic carbocycles. The second kappa shape index (κ2) is 6.64. The van der Waals surface area contributed by atoms with Crippen molar-refractivity contribution < 1.29 is 27.3 Å². The number of benzene rings is 1. The standard InChI is InChI=1S/C16H13ClF3N3O3/c1-8-4-13(22-26-8)23-7-9(5-14(23)24)15(25)21-10-2-3-12(17)11(6-10)16(18,19)20/h2-4,6,9H,5,7H2,1H3,(H,21,25). The highest BCUT2D eigenvalue weighted by Gasteiger charge is 2.37. The summed E-state index contributed by atoms with van der Waals surface area (Å²) < 4.78 is 43.6. The first kappa shape index (κ1) is 18.2. The van der Waals surface area contributed by atoms with Crippen LogP contribution in [0.5, 0.6) is 0 Å². The van der Waals surface area contributed by atoms with Crippen LogP contribution in [0.2, 0.25) is 5.02 Å². The summed E-state index contributed by atoms with van der Waals surface area (Å²) in [6.07, 6.45) is -4.71. The zero-order chi connectivity index (χ0) is 19.1. The summed E-state index contributed by atoms with van der Waals surface area (Å²) in [7, 11) is 0. The average Bonchev–Trinajstić information content (AvgIpc) is 3.14. The fourth-order valence-corrected chi connectivity index (χ4v) is 2.87. The number of hydrogen-bond acceptors (Lipinski definition) is 4. The maximum Gasteiger partial charge on any atom is 0.417 e. The third kappa shape index (κ3) is 3.67. The van der Waals surface area contributed by atoms with Crippen molar-refractivity contribution in [2.24, 2.45) is 5.92 Å². The Labute approximate surface area is 150 Å². The maximum absolute atomic E-state index is 12.9. The SMILES string of the molecule is Cc1cc(N2CC(C(=O)Nc3ccc(Cl)c(C(F)(F)F)c3)CC2=O)no1. The second-order valence-electron chi connectivity index (χ2n) is 5.88. The van der Waals surface area contributed by atoms with Gasteiger partial charge in [0.05, 0.1) is 16.5 Å². The van der Waals surface area contributed by atoms with E-state index >= 15 is 0 Å². The maximum atomic E-state index is 12.9. The molecule has 2 amide bonds. The fraction of sp³-hybridized carbons (Fsp3) is 0.312. The molecule has 2 heterocycles. The van der Waals surface area contributed by atoms with Gasteiger partial charge in [-0.1, -0.05) is 16.8 Å². The summed E-state index contributed by atoms with van der Waals surface area (Å²) >= 11 is 5.55. The monoisotopic (exact) mass is 387 g/mol. The van der Waals surface area contributed by atoms with E-state index in [1.807, 2.05) is 0 Å². The van der Waals surface area contributed by atoms with Crippen LogP contribution in [0.15, 0.2) is 28.8 Å². The molecule has 1 aliphatic heterocycles. The van der Waals surface area contributed by atoms with Crippen LogP contribution >= 0.6 is 11.6 Å². The van der Waals surface area contributed by atoms with E-state index in [2.05, 4.69) is 10.5 Å². The van der Waals surface area contributed by atoms with Crippen molar-refractivity contribution in [3.05, 3.63) is 40.6 Å². The molecule has 1 unspecified atom stereocenters. The molecule has 2 aromatic rings. The quantitative estimate of drug-likeness (QED) is 0.872. The van der Waals surface area contributed by atoms with Crippen molar-refractivity contribution in [3.8, 4) is 0 Å². The van der Waals surface area contributed by atoms with E-state index in [1.54, 1.807) is 13.0 Å². The van der Waals surface area contributed by atoms with E-state index in [1.165, 1.54) is 11.0 Å². The lowest BCUT2D eigenvalue weighted by Gasteiger charge is -2.14. The van der Waals surface area contributed by atoms with Crippen LogP contribution in [-0.2, 0) is 15.8 Å². The minimum Gasteiger partial charge on any atom is -0.360 e. The van der Waals surface area contributed by atoms with E-state index in [0.717, 1.165) is 12.1 Å². The number of nitrogens with zero attached hydrogens (tertiary/aromatic N) is 2. The Morgan fingerprint density at radius 3 is 2.73 bits per heavy atom. The number of alkyl halides is 3. The van der Waals surface area contributed by atoms with Gasteiger partial charge in [-0.2, -0.15) is 13.2 Å². The lowest BCUT2D eigenvalue weighted by atomic mass is 10.1. The van der Waals surface area contributed by atoms with Gasteiger partial charge in [0.25, 0.3) is 0 Å². The van der Waals surface area contributed by atoms with Gasteiger partial charge in [0.15, 0.2) is 5.82 Å². The van der Waals surface area contributed by atoms with Crippen molar-refractivity contribution in [2.45, 2.75) is 19.5 Å². The zero-order valence-electron chi connectivity index (χ0n) is 13.4. The number of anilines is 2. The van der Waals surface area contributed by atoms with Gasteiger partial charge in [0.2, 0.25) is 11.8 Å². The molecule has 6 nitrogen and oxygen atoms in total. The summed E-state index contributed by atoms with van der Waals surface area (Å²) in [6, 6.07) is 4.65. The summed E-state index contributed by atoms with van der Waals surface area (Å²) in [5, 5.41) is 5.67. The Morgan fingerprint density at radius 2 is 2.12 bits per heavy atom. The Bertz CT molecular complexity index is 866. The molecule has 0 bridgehead atoms. The minimum absolute atomic E-state index is 0.0464. The van der Waals surface area contributed by atoms with Gasteiger partial charge in [-0.25, -0.2) is 0 Å². The molecule has 0 radical (unpaired) electrons. The predicted molar refractivity (Wildman–Crippen MR) is 86.8 cm³/mol. The van der Waals surface area contributed by atoms with E-state index in [0.29, 0.717) is 11.6 Å². The highest BCUT2D eigenvalue weighted by Crippen LogP contribution is 2.36.